The SMILES string of the molecule is OC(CNCC1CCCN1)c1ccccc1. The van der Waals surface area contributed by atoms with Crippen LogP contribution in [-0.4, -0.2) is 30.8 Å². The Morgan fingerprint density at radius 3 is 2.88 bits per heavy atom. The number of rotatable bonds is 5. The Kier molecular flexibility index (Phi) is 4.34. The Bertz CT molecular complexity index is 296. The average molecular weight is 220 g/mol. The van der Waals surface area contributed by atoms with Gasteiger partial charge in [0.2, 0.25) is 0 Å². The van der Waals surface area contributed by atoms with Gasteiger partial charge in [0.15, 0.2) is 0 Å². The number of hydrogen-bond acceptors (Lipinski definition) is 3. The molecule has 1 aromatic rings. The van der Waals surface area contributed by atoms with E-state index in [2.05, 4.69) is 10.6 Å². The van der Waals surface area contributed by atoms with Crippen molar-refractivity contribution in [2.24, 2.45) is 0 Å². The van der Waals surface area contributed by atoms with E-state index in [1.54, 1.807) is 0 Å². The van der Waals surface area contributed by atoms with Gasteiger partial charge >= 0.3 is 0 Å². The van der Waals surface area contributed by atoms with Crippen LogP contribution in [0.1, 0.15) is 24.5 Å². The van der Waals surface area contributed by atoms with Crippen molar-refractivity contribution in [3.63, 3.8) is 0 Å². The minimum atomic E-state index is -0.400. The van der Waals surface area contributed by atoms with E-state index in [1.807, 2.05) is 30.3 Å². The maximum absolute atomic E-state index is 9.91. The lowest BCUT2D eigenvalue weighted by molar-refractivity contribution is 0.174. The fraction of sp³-hybridized carbons (Fsp3) is 0.538. The second-order valence-electron chi connectivity index (χ2n) is 4.38. The molecular formula is C13H20N2O. The molecule has 0 bridgehead atoms. The van der Waals surface area contributed by atoms with Gasteiger partial charge in [-0.2, -0.15) is 0 Å². The highest BCUT2D eigenvalue weighted by Crippen LogP contribution is 2.10. The molecule has 1 aromatic carbocycles. The third kappa shape index (κ3) is 3.30. The molecule has 0 spiro atoms. The molecule has 3 heteroatoms. The number of nitrogens with one attached hydrogen (secondary N) is 2. The standard InChI is InChI=1S/C13H20N2O/c16-13(11-5-2-1-3-6-11)10-14-9-12-7-4-8-15-12/h1-3,5-6,12-16H,4,7-10H2. The summed E-state index contributed by atoms with van der Waals surface area (Å²) < 4.78 is 0. The molecule has 1 aliphatic rings. The second kappa shape index (κ2) is 5.99. The normalized spacial score (nSPS) is 22.2. The molecular weight excluding hydrogens is 200 g/mol. The van der Waals surface area contributed by atoms with Gasteiger partial charge in [-0.25, -0.2) is 0 Å². The summed E-state index contributed by atoms with van der Waals surface area (Å²) >= 11 is 0. The van der Waals surface area contributed by atoms with Crippen molar-refractivity contribution in [3.05, 3.63) is 35.9 Å². The molecule has 16 heavy (non-hydrogen) atoms. The van der Waals surface area contributed by atoms with Crippen molar-refractivity contribution in [2.75, 3.05) is 19.6 Å². The molecule has 0 aromatic heterocycles. The molecule has 3 nitrogen and oxygen atoms in total. The zero-order chi connectivity index (χ0) is 11.2. The summed E-state index contributed by atoms with van der Waals surface area (Å²) in [5.41, 5.74) is 0.981. The monoisotopic (exact) mass is 220 g/mol. The van der Waals surface area contributed by atoms with Gasteiger partial charge in [-0.05, 0) is 24.9 Å². The summed E-state index contributed by atoms with van der Waals surface area (Å²) in [6.45, 7) is 2.71. The Morgan fingerprint density at radius 2 is 2.19 bits per heavy atom. The van der Waals surface area contributed by atoms with Gasteiger partial charge in [0.1, 0.15) is 0 Å². The third-order valence-corrected chi connectivity index (χ3v) is 3.08. The van der Waals surface area contributed by atoms with E-state index < -0.39 is 6.10 Å². The predicted molar refractivity (Wildman–Crippen MR) is 65.3 cm³/mol. The highest BCUT2D eigenvalue weighted by molar-refractivity contribution is 5.17. The van der Waals surface area contributed by atoms with Crippen LogP contribution < -0.4 is 10.6 Å². The van der Waals surface area contributed by atoms with Crippen molar-refractivity contribution in [1.82, 2.24) is 10.6 Å². The second-order valence-corrected chi connectivity index (χ2v) is 4.38. The van der Waals surface area contributed by atoms with Gasteiger partial charge in [0.05, 0.1) is 6.10 Å². The lowest BCUT2D eigenvalue weighted by Crippen LogP contribution is -2.35. The first-order valence-corrected chi connectivity index (χ1v) is 6.03. The molecule has 3 N–H and O–H groups in total. The molecule has 1 fully saturated rings. The molecule has 1 heterocycles. The lowest BCUT2D eigenvalue weighted by Gasteiger charge is -2.15. The lowest BCUT2D eigenvalue weighted by atomic mass is 10.1. The minimum absolute atomic E-state index is 0.400. The quantitative estimate of drug-likeness (QED) is 0.695. The van der Waals surface area contributed by atoms with Crippen molar-refractivity contribution in [2.45, 2.75) is 25.0 Å². The Labute approximate surface area is 96.9 Å². The highest BCUT2D eigenvalue weighted by Gasteiger charge is 2.14. The maximum atomic E-state index is 9.91. The first-order valence-electron chi connectivity index (χ1n) is 6.03. The zero-order valence-electron chi connectivity index (χ0n) is 9.52. The predicted octanol–water partition coefficient (Wildman–Crippen LogP) is 1.06. The molecule has 0 amide bonds. The van der Waals surface area contributed by atoms with E-state index in [-0.39, 0.29) is 0 Å². The van der Waals surface area contributed by atoms with Crippen LogP contribution in [0.3, 0.4) is 0 Å². The van der Waals surface area contributed by atoms with Gasteiger partial charge < -0.3 is 15.7 Å². The van der Waals surface area contributed by atoms with Crippen molar-refractivity contribution < 1.29 is 5.11 Å². The van der Waals surface area contributed by atoms with Gasteiger partial charge in [-0.15, -0.1) is 0 Å². The molecule has 0 radical (unpaired) electrons. The summed E-state index contributed by atoms with van der Waals surface area (Å²) in [5.74, 6) is 0. The van der Waals surface area contributed by atoms with E-state index in [4.69, 9.17) is 0 Å². The van der Waals surface area contributed by atoms with E-state index >= 15 is 0 Å². The van der Waals surface area contributed by atoms with E-state index in [1.165, 1.54) is 12.8 Å². The summed E-state index contributed by atoms with van der Waals surface area (Å²) in [7, 11) is 0. The molecule has 2 atom stereocenters. The number of aliphatic hydroxyl groups excluding tert-OH is 1. The third-order valence-electron chi connectivity index (χ3n) is 3.08. The van der Waals surface area contributed by atoms with Crippen LogP contribution in [0.25, 0.3) is 0 Å². The zero-order valence-corrected chi connectivity index (χ0v) is 9.52. The van der Waals surface area contributed by atoms with Crippen molar-refractivity contribution >= 4 is 0 Å². The van der Waals surface area contributed by atoms with Crippen LogP contribution in [0.2, 0.25) is 0 Å². The summed E-state index contributed by atoms with van der Waals surface area (Å²) in [5, 5.41) is 16.7. The van der Waals surface area contributed by atoms with E-state index in [0.29, 0.717) is 12.6 Å². The van der Waals surface area contributed by atoms with Gasteiger partial charge in [0.25, 0.3) is 0 Å². The fourth-order valence-electron chi connectivity index (χ4n) is 2.12. The van der Waals surface area contributed by atoms with Gasteiger partial charge in [-0.1, -0.05) is 30.3 Å². The Morgan fingerprint density at radius 1 is 1.38 bits per heavy atom. The minimum Gasteiger partial charge on any atom is -0.387 e. The Balaban J connectivity index is 1.69. The van der Waals surface area contributed by atoms with Crippen LogP contribution in [0.5, 0.6) is 0 Å². The molecule has 2 unspecified atom stereocenters. The Hall–Kier alpha value is -0.900. The number of hydrogen-bond donors (Lipinski definition) is 3. The van der Waals surface area contributed by atoms with Crippen LogP contribution >= 0.6 is 0 Å². The maximum Gasteiger partial charge on any atom is 0.0914 e. The number of benzene rings is 1. The van der Waals surface area contributed by atoms with E-state index in [9.17, 15) is 5.11 Å². The smallest absolute Gasteiger partial charge is 0.0914 e. The first-order chi connectivity index (χ1) is 7.86. The van der Waals surface area contributed by atoms with Gasteiger partial charge in [-0.3, -0.25) is 0 Å². The molecule has 2 rings (SSSR count). The van der Waals surface area contributed by atoms with Crippen LogP contribution in [0.4, 0.5) is 0 Å². The number of aliphatic hydroxyl groups is 1. The van der Waals surface area contributed by atoms with E-state index in [0.717, 1.165) is 18.7 Å². The summed E-state index contributed by atoms with van der Waals surface area (Å²) in [6.07, 6.45) is 2.12. The molecule has 88 valence electrons. The molecule has 0 aliphatic carbocycles. The first kappa shape index (κ1) is 11.6. The van der Waals surface area contributed by atoms with Crippen molar-refractivity contribution in [1.29, 1.82) is 0 Å². The largest absolute Gasteiger partial charge is 0.387 e. The molecule has 0 saturated carbocycles. The summed E-state index contributed by atoms with van der Waals surface area (Å²) in [4.78, 5) is 0. The van der Waals surface area contributed by atoms with Crippen molar-refractivity contribution in [3.8, 4) is 0 Å². The molecule has 1 aliphatic heterocycles. The van der Waals surface area contributed by atoms with Crippen LogP contribution in [-0.2, 0) is 0 Å². The van der Waals surface area contributed by atoms with Gasteiger partial charge in [0, 0.05) is 19.1 Å². The summed E-state index contributed by atoms with van der Waals surface area (Å²) in [6, 6.07) is 10.4. The van der Waals surface area contributed by atoms with Crippen LogP contribution in [0.15, 0.2) is 30.3 Å². The average Bonchev–Trinajstić information content (AvgIpc) is 2.83. The topological polar surface area (TPSA) is 44.3 Å². The fourth-order valence-corrected chi connectivity index (χ4v) is 2.12. The highest BCUT2D eigenvalue weighted by atomic mass is 16.3. The molecule has 1 saturated heterocycles. The van der Waals surface area contributed by atoms with Crippen LogP contribution in [0, 0.1) is 0 Å².